The molecule has 3 rings (SSSR count). The molecular weight excluding hydrogens is 224 g/mol. The molecule has 0 amide bonds. The molecule has 2 aliphatic carbocycles. The van der Waals surface area contributed by atoms with Gasteiger partial charge in [-0.05, 0) is 24.2 Å². The second-order valence-electron chi connectivity index (χ2n) is 5.13. The van der Waals surface area contributed by atoms with Gasteiger partial charge in [0.25, 0.3) is 0 Å². The highest BCUT2D eigenvalue weighted by Crippen LogP contribution is 2.60. The van der Waals surface area contributed by atoms with E-state index in [0.29, 0.717) is 6.42 Å². The third-order valence-electron chi connectivity index (χ3n) is 4.66. The Morgan fingerprint density at radius 3 is 2.35 bits per heavy atom. The number of aldehydes is 2. The minimum Gasteiger partial charge on any atom is -0.393 e. The first-order valence-corrected chi connectivity index (χ1v) is 5.83. The first kappa shape index (κ1) is 10.6. The van der Waals surface area contributed by atoms with Crippen molar-refractivity contribution in [1.82, 2.24) is 0 Å². The zero-order valence-corrected chi connectivity index (χ0v) is 9.07. The quantitative estimate of drug-likeness (QED) is 0.390. The summed E-state index contributed by atoms with van der Waals surface area (Å²) in [7, 11) is 0. The molecule has 3 aliphatic rings. The van der Waals surface area contributed by atoms with Crippen LogP contribution in [0.2, 0.25) is 0 Å². The van der Waals surface area contributed by atoms with Crippen LogP contribution >= 0.6 is 0 Å². The van der Waals surface area contributed by atoms with Crippen molar-refractivity contribution in [3.05, 3.63) is 0 Å². The first-order chi connectivity index (χ1) is 8.19. The van der Waals surface area contributed by atoms with E-state index in [1.54, 1.807) is 0 Å². The van der Waals surface area contributed by atoms with Crippen molar-refractivity contribution in [3.8, 4) is 0 Å². The van der Waals surface area contributed by atoms with Crippen LogP contribution in [0.25, 0.3) is 0 Å². The molecule has 0 N–H and O–H groups in total. The van der Waals surface area contributed by atoms with Crippen LogP contribution in [0.4, 0.5) is 0 Å². The molecule has 5 heteroatoms. The monoisotopic (exact) mass is 236 g/mol. The smallest absolute Gasteiger partial charge is 0.317 e. The lowest BCUT2D eigenvalue weighted by atomic mass is 9.69. The van der Waals surface area contributed by atoms with Crippen molar-refractivity contribution >= 4 is 24.5 Å². The number of hydrogen-bond acceptors (Lipinski definition) is 5. The molecule has 17 heavy (non-hydrogen) atoms. The number of carbonyl (C=O) groups excluding carboxylic acids is 4. The molecule has 3 fully saturated rings. The van der Waals surface area contributed by atoms with Crippen LogP contribution in [0, 0.1) is 35.5 Å². The van der Waals surface area contributed by atoms with Gasteiger partial charge in [-0.2, -0.15) is 0 Å². The van der Waals surface area contributed by atoms with E-state index in [2.05, 4.69) is 4.74 Å². The van der Waals surface area contributed by atoms with Gasteiger partial charge in [0.15, 0.2) is 0 Å². The number of ether oxygens (including phenoxy) is 1. The summed E-state index contributed by atoms with van der Waals surface area (Å²) in [4.78, 5) is 44.9. The van der Waals surface area contributed by atoms with E-state index in [1.165, 1.54) is 0 Å². The van der Waals surface area contributed by atoms with Crippen molar-refractivity contribution in [2.45, 2.75) is 12.8 Å². The van der Waals surface area contributed by atoms with E-state index >= 15 is 0 Å². The third kappa shape index (κ3) is 1.19. The molecule has 5 nitrogen and oxygen atoms in total. The van der Waals surface area contributed by atoms with Crippen LogP contribution in [0.15, 0.2) is 0 Å². The van der Waals surface area contributed by atoms with E-state index in [9.17, 15) is 19.2 Å². The molecule has 0 radical (unpaired) electrons. The van der Waals surface area contributed by atoms with E-state index in [4.69, 9.17) is 0 Å². The second kappa shape index (κ2) is 3.48. The van der Waals surface area contributed by atoms with Gasteiger partial charge in [-0.3, -0.25) is 9.59 Å². The number of hydrogen-bond donors (Lipinski definition) is 0. The molecular formula is C12H12O5. The minimum atomic E-state index is -0.482. The third-order valence-corrected chi connectivity index (χ3v) is 4.66. The van der Waals surface area contributed by atoms with Crippen LogP contribution in [0.5, 0.6) is 0 Å². The van der Waals surface area contributed by atoms with Crippen molar-refractivity contribution in [2.24, 2.45) is 35.5 Å². The SMILES string of the molecule is O=CCC1C(C=O)C2CC1C1C(=O)OC(=O)C21. The summed E-state index contributed by atoms with van der Waals surface area (Å²) in [5.41, 5.74) is 0. The summed E-state index contributed by atoms with van der Waals surface area (Å²) < 4.78 is 4.65. The van der Waals surface area contributed by atoms with E-state index < -0.39 is 23.8 Å². The highest BCUT2D eigenvalue weighted by molar-refractivity contribution is 5.98. The summed E-state index contributed by atoms with van der Waals surface area (Å²) in [5, 5.41) is 0. The van der Waals surface area contributed by atoms with Crippen molar-refractivity contribution in [3.63, 3.8) is 0 Å². The summed E-state index contributed by atoms with van der Waals surface area (Å²) in [5.74, 6) is -2.30. The van der Waals surface area contributed by atoms with Gasteiger partial charge in [0.05, 0.1) is 11.8 Å². The fourth-order valence-electron chi connectivity index (χ4n) is 4.10. The molecule has 1 heterocycles. The largest absolute Gasteiger partial charge is 0.393 e. The van der Waals surface area contributed by atoms with Crippen LogP contribution in [0.1, 0.15) is 12.8 Å². The molecule has 0 spiro atoms. The highest BCUT2D eigenvalue weighted by Gasteiger charge is 2.66. The van der Waals surface area contributed by atoms with Gasteiger partial charge < -0.3 is 14.3 Å². The topological polar surface area (TPSA) is 77.5 Å². The molecule has 1 saturated heterocycles. The van der Waals surface area contributed by atoms with Crippen LogP contribution in [0.3, 0.4) is 0 Å². The Kier molecular flexibility index (Phi) is 2.18. The highest BCUT2D eigenvalue weighted by atomic mass is 16.6. The van der Waals surface area contributed by atoms with Gasteiger partial charge in [0.2, 0.25) is 0 Å². The van der Waals surface area contributed by atoms with Gasteiger partial charge in [0, 0.05) is 12.3 Å². The van der Waals surface area contributed by atoms with Gasteiger partial charge in [-0.15, -0.1) is 0 Å². The fourth-order valence-corrected chi connectivity index (χ4v) is 4.10. The van der Waals surface area contributed by atoms with E-state index in [-0.39, 0.29) is 30.1 Å². The molecule has 6 atom stereocenters. The molecule has 2 saturated carbocycles. The van der Waals surface area contributed by atoms with Crippen molar-refractivity contribution in [2.75, 3.05) is 0 Å². The predicted molar refractivity (Wildman–Crippen MR) is 53.4 cm³/mol. The Labute approximate surface area is 97.5 Å². The van der Waals surface area contributed by atoms with Gasteiger partial charge in [-0.1, -0.05) is 0 Å². The Balaban J connectivity index is 1.96. The number of carbonyl (C=O) groups is 4. The molecule has 0 aromatic heterocycles. The van der Waals surface area contributed by atoms with E-state index in [0.717, 1.165) is 12.6 Å². The number of rotatable bonds is 3. The summed E-state index contributed by atoms with van der Waals surface area (Å²) in [6.07, 6.45) is 2.61. The average Bonchev–Trinajstić information content (AvgIpc) is 2.91. The standard InChI is InChI=1S/C12H12O5/c13-2-1-5-6-3-7(8(5)4-14)10-9(6)11(15)17-12(10)16/h2,4-10H,1,3H2. The Morgan fingerprint density at radius 2 is 1.76 bits per heavy atom. The van der Waals surface area contributed by atoms with Crippen LogP contribution in [-0.4, -0.2) is 24.5 Å². The molecule has 6 unspecified atom stereocenters. The predicted octanol–water partition coefficient (Wildman–Crippen LogP) is -0.0278. The zero-order chi connectivity index (χ0) is 12.2. The lowest BCUT2D eigenvalue weighted by Crippen LogP contribution is -2.37. The van der Waals surface area contributed by atoms with Crippen LogP contribution < -0.4 is 0 Å². The van der Waals surface area contributed by atoms with E-state index in [1.807, 2.05) is 0 Å². The Bertz CT molecular complexity index is 415. The fraction of sp³-hybridized carbons (Fsp3) is 0.667. The first-order valence-electron chi connectivity index (χ1n) is 5.83. The molecule has 0 aromatic carbocycles. The summed E-state index contributed by atoms with van der Waals surface area (Å²) in [6.45, 7) is 0. The summed E-state index contributed by atoms with van der Waals surface area (Å²) >= 11 is 0. The maximum Gasteiger partial charge on any atom is 0.317 e. The number of esters is 2. The number of cyclic esters (lactones) is 2. The lowest BCUT2D eigenvalue weighted by Gasteiger charge is -2.30. The Hall–Kier alpha value is -1.52. The van der Waals surface area contributed by atoms with Crippen molar-refractivity contribution < 1.29 is 23.9 Å². The summed E-state index contributed by atoms with van der Waals surface area (Å²) in [6, 6.07) is 0. The Morgan fingerprint density at radius 1 is 1.12 bits per heavy atom. The molecule has 2 bridgehead atoms. The lowest BCUT2D eigenvalue weighted by molar-refractivity contribution is -0.154. The molecule has 0 aromatic rings. The maximum atomic E-state index is 11.6. The average molecular weight is 236 g/mol. The van der Waals surface area contributed by atoms with Crippen molar-refractivity contribution in [1.29, 1.82) is 0 Å². The minimum absolute atomic E-state index is 0.0376. The van der Waals surface area contributed by atoms with Crippen LogP contribution in [-0.2, 0) is 23.9 Å². The van der Waals surface area contributed by atoms with Gasteiger partial charge >= 0.3 is 11.9 Å². The maximum absolute atomic E-state index is 11.6. The number of fused-ring (bicyclic) bond motifs is 5. The van der Waals surface area contributed by atoms with Gasteiger partial charge in [-0.25, -0.2) is 0 Å². The zero-order valence-electron chi connectivity index (χ0n) is 9.07. The second-order valence-corrected chi connectivity index (χ2v) is 5.13. The molecule has 1 aliphatic heterocycles. The normalized spacial score (nSPS) is 46.8. The molecule has 90 valence electrons. The van der Waals surface area contributed by atoms with Gasteiger partial charge in [0.1, 0.15) is 12.6 Å².